The van der Waals surface area contributed by atoms with Crippen LogP contribution in [0.15, 0.2) is 138 Å². The highest BCUT2D eigenvalue weighted by Crippen LogP contribution is 2.33. The Kier molecular flexibility index (Phi) is 9.08. The number of carbonyl (C=O) groups excluding carboxylic acids is 3. The maximum absolute atomic E-state index is 14.0. The van der Waals surface area contributed by atoms with Gasteiger partial charge in [-0.2, -0.15) is 0 Å². The number of carbonyl (C=O) groups is 3. The molecule has 1 atom stereocenters. The summed E-state index contributed by atoms with van der Waals surface area (Å²) in [5, 5.41) is 7.23. The third-order valence-corrected chi connectivity index (χ3v) is 8.87. The molecule has 0 bridgehead atoms. The highest BCUT2D eigenvalue weighted by Gasteiger charge is 2.24. The Morgan fingerprint density at radius 1 is 0.783 bits per heavy atom. The molecule has 0 aliphatic rings. The molecule has 6 aromatic rings. The van der Waals surface area contributed by atoms with E-state index in [1.165, 1.54) is 42.1 Å². The summed E-state index contributed by atoms with van der Waals surface area (Å²) in [7, 11) is 0. The largest absolute Gasteiger partial charge is 0.321 e. The summed E-state index contributed by atoms with van der Waals surface area (Å²) in [5.74, 6) is -1.44. The number of nitrogens with one attached hydrogen (secondary N) is 2. The van der Waals surface area contributed by atoms with Crippen molar-refractivity contribution < 1.29 is 18.8 Å². The van der Waals surface area contributed by atoms with Crippen molar-refractivity contribution in [2.45, 2.75) is 23.5 Å². The second-order valence-corrected chi connectivity index (χ2v) is 11.9. The van der Waals surface area contributed by atoms with Crippen LogP contribution in [0.1, 0.15) is 34.1 Å². The number of fused-ring (bicyclic) bond motifs is 3. The van der Waals surface area contributed by atoms with E-state index in [1.54, 1.807) is 47.0 Å². The van der Waals surface area contributed by atoms with Gasteiger partial charge in [0.1, 0.15) is 11.5 Å². The van der Waals surface area contributed by atoms with E-state index in [9.17, 15) is 18.8 Å². The molecule has 6 nitrogen and oxygen atoms in total. The number of anilines is 1. The number of para-hydroxylation sites is 2. The maximum Gasteiger partial charge on any atom is 0.272 e. The number of halogens is 1. The lowest BCUT2D eigenvalue weighted by molar-refractivity contribution is -0.113. The minimum Gasteiger partial charge on any atom is -0.321 e. The predicted molar refractivity (Wildman–Crippen MR) is 183 cm³/mol. The van der Waals surface area contributed by atoms with Gasteiger partial charge < -0.3 is 10.6 Å². The van der Waals surface area contributed by atoms with E-state index >= 15 is 0 Å². The average Bonchev–Trinajstić information content (AvgIpc) is 3.42. The number of rotatable bonds is 9. The predicted octanol–water partition coefficient (Wildman–Crippen LogP) is 8.55. The van der Waals surface area contributed by atoms with E-state index in [2.05, 4.69) is 10.6 Å². The van der Waals surface area contributed by atoms with Crippen molar-refractivity contribution in [1.29, 1.82) is 0 Å². The number of aromatic nitrogens is 1. The molecule has 1 unspecified atom stereocenters. The fourth-order valence-corrected chi connectivity index (χ4v) is 6.34. The molecule has 8 heteroatoms. The van der Waals surface area contributed by atoms with Gasteiger partial charge in [0.2, 0.25) is 5.91 Å². The number of thioether (sulfide) groups is 1. The van der Waals surface area contributed by atoms with Gasteiger partial charge in [0.15, 0.2) is 0 Å². The summed E-state index contributed by atoms with van der Waals surface area (Å²) < 4.78 is 15.3. The van der Waals surface area contributed by atoms with Crippen LogP contribution in [-0.2, 0) is 4.79 Å². The Bertz CT molecular complexity index is 2030. The number of benzene rings is 5. The molecular weight excluding hydrogens is 598 g/mol. The van der Waals surface area contributed by atoms with Crippen LogP contribution >= 0.6 is 11.8 Å². The highest BCUT2D eigenvalue weighted by molar-refractivity contribution is 8.00. The van der Waals surface area contributed by atoms with Crippen LogP contribution in [0.4, 0.5) is 10.1 Å². The smallest absolute Gasteiger partial charge is 0.272 e. The van der Waals surface area contributed by atoms with Gasteiger partial charge in [0.25, 0.3) is 11.8 Å². The van der Waals surface area contributed by atoms with Crippen LogP contribution in [0.25, 0.3) is 27.9 Å². The monoisotopic (exact) mass is 627 g/mol. The minimum atomic E-state index is -0.552. The number of hydrogen-bond donors (Lipinski definition) is 2. The molecule has 0 saturated carbocycles. The summed E-state index contributed by atoms with van der Waals surface area (Å²) in [6.07, 6.45) is 2.09. The van der Waals surface area contributed by atoms with Gasteiger partial charge in [0.05, 0.1) is 16.3 Å². The van der Waals surface area contributed by atoms with Crippen molar-refractivity contribution in [2.24, 2.45) is 0 Å². The Hall–Kier alpha value is -5.47. The average molecular weight is 628 g/mol. The Labute approximate surface area is 269 Å². The summed E-state index contributed by atoms with van der Waals surface area (Å²) in [4.78, 5) is 41.3. The lowest BCUT2D eigenvalue weighted by Gasteiger charge is -2.17. The molecule has 228 valence electrons. The third-order valence-electron chi connectivity index (χ3n) is 7.53. The molecule has 2 amide bonds. The van der Waals surface area contributed by atoms with Crippen LogP contribution in [-0.4, -0.2) is 27.5 Å². The highest BCUT2D eigenvalue weighted by atomic mass is 32.2. The first-order valence-corrected chi connectivity index (χ1v) is 15.7. The molecule has 0 fully saturated rings. The van der Waals surface area contributed by atoms with Crippen molar-refractivity contribution in [1.82, 2.24) is 9.88 Å². The molecule has 0 aliphatic heterocycles. The molecule has 0 aliphatic carbocycles. The number of hydrogen-bond acceptors (Lipinski definition) is 4. The normalized spacial score (nSPS) is 12.2. The molecule has 1 heterocycles. The molecule has 1 aromatic heterocycles. The fraction of sp³-hybridized carbons (Fsp3) is 0.0789. The lowest BCUT2D eigenvalue weighted by atomic mass is 10.1. The maximum atomic E-state index is 14.0. The summed E-state index contributed by atoms with van der Waals surface area (Å²) in [5.41, 5.74) is 3.15. The second-order valence-electron chi connectivity index (χ2n) is 10.6. The fourth-order valence-electron chi connectivity index (χ4n) is 5.29. The van der Waals surface area contributed by atoms with Crippen molar-refractivity contribution in [2.75, 3.05) is 5.32 Å². The van der Waals surface area contributed by atoms with Gasteiger partial charge in [-0.3, -0.25) is 19.0 Å². The summed E-state index contributed by atoms with van der Waals surface area (Å²) in [6, 6.07) is 37.2. The molecule has 0 saturated heterocycles. The standard InChI is InChI=1S/C38H30FN3O3S/c1-2-35(38(45)42-33-17-8-6-15-30(33)31-16-7-9-18-34(31)42)46-29-14-10-13-28(24-29)40-37(44)32(23-25-19-21-27(39)22-20-25)41-36(43)26-11-4-3-5-12-26/h3-24,35H,2H2,1H3,(H,40,44)(H,41,43)/b32-23-. The number of nitrogens with zero attached hydrogens (tertiary/aromatic N) is 1. The number of amides is 2. The van der Waals surface area contributed by atoms with Crippen LogP contribution in [0.5, 0.6) is 0 Å². The zero-order valence-electron chi connectivity index (χ0n) is 24.9. The molecular formula is C38H30FN3O3S. The van der Waals surface area contributed by atoms with E-state index in [0.29, 0.717) is 23.2 Å². The van der Waals surface area contributed by atoms with E-state index in [4.69, 9.17) is 0 Å². The molecule has 2 N–H and O–H groups in total. The second kappa shape index (κ2) is 13.7. The van der Waals surface area contributed by atoms with E-state index < -0.39 is 17.6 Å². The van der Waals surface area contributed by atoms with Crippen LogP contribution in [0.3, 0.4) is 0 Å². The van der Waals surface area contributed by atoms with Gasteiger partial charge in [-0.15, -0.1) is 11.8 Å². The first kappa shape index (κ1) is 30.6. The molecule has 6 rings (SSSR count). The summed E-state index contributed by atoms with van der Waals surface area (Å²) in [6.45, 7) is 1.98. The van der Waals surface area contributed by atoms with Crippen molar-refractivity contribution in [3.8, 4) is 0 Å². The van der Waals surface area contributed by atoms with Gasteiger partial charge in [-0.1, -0.05) is 79.7 Å². The zero-order chi connectivity index (χ0) is 32.0. The van der Waals surface area contributed by atoms with E-state index in [1.807, 2.05) is 67.6 Å². The molecule has 5 aromatic carbocycles. The van der Waals surface area contributed by atoms with Crippen molar-refractivity contribution in [3.63, 3.8) is 0 Å². The van der Waals surface area contributed by atoms with Gasteiger partial charge in [-0.05, 0) is 72.7 Å². The van der Waals surface area contributed by atoms with Gasteiger partial charge >= 0.3 is 0 Å². The van der Waals surface area contributed by atoms with E-state index in [0.717, 1.165) is 26.7 Å². The van der Waals surface area contributed by atoms with Crippen LogP contribution in [0.2, 0.25) is 0 Å². The van der Waals surface area contributed by atoms with Gasteiger partial charge in [0, 0.05) is 26.9 Å². The van der Waals surface area contributed by atoms with Crippen LogP contribution in [0, 0.1) is 5.82 Å². The van der Waals surface area contributed by atoms with Gasteiger partial charge in [-0.25, -0.2) is 4.39 Å². The third kappa shape index (κ3) is 6.62. The summed E-state index contributed by atoms with van der Waals surface area (Å²) >= 11 is 1.43. The first-order chi connectivity index (χ1) is 22.4. The molecule has 0 spiro atoms. The molecule has 46 heavy (non-hydrogen) atoms. The van der Waals surface area contributed by atoms with Crippen molar-refractivity contribution >= 4 is 63.1 Å². The molecule has 0 radical (unpaired) electrons. The Balaban J connectivity index is 1.24. The zero-order valence-corrected chi connectivity index (χ0v) is 25.8. The SMILES string of the molecule is CCC(Sc1cccc(NC(=O)/C(=C/c2ccc(F)cc2)NC(=O)c2ccccc2)c1)C(=O)n1c2ccccc2c2ccccc21. The quantitative estimate of drug-likeness (QED) is 0.124. The lowest BCUT2D eigenvalue weighted by Crippen LogP contribution is -2.30. The topological polar surface area (TPSA) is 80.2 Å². The Morgan fingerprint density at radius 3 is 2.07 bits per heavy atom. The first-order valence-electron chi connectivity index (χ1n) is 14.9. The minimum absolute atomic E-state index is 0.00788. The van der Waals surface area contributed by atoms with E-state index in [-0.39, 0.29) is 16.9 Å². The Morgan fingerprint density at radius 2 is 1.41 bits per heavy atom. The van der Waals surface area contributed by atoms with Crippen LogP contribution < -0.4 is 10.6 Å². The van der Waals surface area contributed by atoms with Crippen molar-refractivity contribution in [3.05, 3.63) is 150 Å².